The molecule has 2 atom stereocenters. The largest absolute Gasteiger partial charge is 0.480 e. The third-order valence-corrected chi connectivity index (χ3v) is 6.30. The molecule has 0 aromatic carbocycles. The van der Waals surface area contributed by atoms with Crippen molar-refractivity contribution in [2.45, 2.75) is 78.0 Å². The molecule has 0 bridgehead atoms. The molecule has 7 heteroatoms. The number of urea groups is 1. The molecule has 1 aliphatic heterocycles. The fourth-order valence-corrected chi connectivity index (χ4v) is 4.13. The highest BCUT2D eigenvalue weighted by atomic mass is 16.5. The smallest absolute Gasteiger partial charge is 0.317 e. The van der Waals surface area contributed by atoms with Crippen LogP contribution in [0.3, 0.4) is 0 Å². The fraction of sp³-hybridized carbons (Fsp3) is 0.900. The zero-order valence-corrected chi connectivity index (χ0v) is 17.4. The lowest BCUT2D eigenvalue weighted by Crippen LogP contribution is -2.64. The molecule has 1 saturated heterocycles. The molecule has 27 heavy (non-hydrogen) atoms. The molecule has 0 spiro atoms. The number of carbonyl (C=O) groups excluding carboxylic acids is 1. The van der Waals surface area contributed by atoms with Gasteiger partial charge in [0, 0.05) is 37.2 Å². The minimum Gasteiger partial charge on any atom is -0.480 e. The third-order valence-electron chi connectivity index (χ3n) is 6.30. The monoisotopic (exact) mass is 383 g/mol. The first-order chi connectivity index (χ1) is 12.8. The van der Waals surface area contributed by atoms with Crippen LogP contribution in [0.1, 0.15) is 59.8 Å². The number of aliphatic carboxylic acids is 1. The van der Waals surface area contributed by atoms with Gasteiger partial charge >= 0.3 is 12.0 Å². The Kier molecular flexibility index (Phi) is 7.91. The highest BCUT2D eigenvalue weighted by molar-refractivity contribution is 5.75. The van der Waals surface area contributed by atoms with Crippen molar-refractivity contribution in [3.05, 3.63) is 0 Å². The topological polar surface area (TPSA) is 82.1 Å². The van der Waals surface area contributed by atoms with E-state index in [4.69, 9.17) is 9.84 Å². The number of amides is 2. The summed E-state index contributed by atoms with van der Waals surface area (Å²) in [6.45, 7) is 11.4. The van der Waals surface area contributed by atoms with Gasteiger partial charge in [0.25, 0.3) is 0 Å². The summed E-state index contributed by atoms with van der Waals surface area (Å²) in [5.41, 5.74) is -0.0395. The Morgan fingerprint density at radius 3 is 2.44 bits per heavy atom. The number of hydrogen-bond donors (Lipinski definition) is 2. The molecule has 2 N–H and O–H groups in total. The number of likely N-dealkylation sites (N-methyl/N-ethyl adjacent to an activating group) is 1. The van der Waals surface area contributed by atoms with Crippen LogP contribution in [0.5, 0.6) is 0 Å². The van der Waals surface area contributed by atoms with Crippen molar-refractivity contribution in [2.24, 2.45) is 5.41 Å². The van der Waals surface area contributed by atoms with Crippen molar-refractivity contribution in [2.75, 3.05) is 32.8 Å². The van der Waals surface area contributed by atoms with Crippen LogP contribution in [0, 0.1) is 5.41 Å². The first kappa shape index (κ1) is 22.0. The van der Waals surface area contributed by atoms with E-state index in [2.05, 4.69) is 26.1 Å². The second-order valence-electron chi connectivity index (χ2n) is 8.45. The van der Waals surface area contributed by atoms with Gasteiger partial charge in [-0.05, 0) is 32.2 Å². The summed E-state index contributed by atoms with van der Waals surface area (Å²) < 4.78 is 5.96. The predicted molar refractivity (Wildman–Crippen MR) is 105 cm³/mol. The van der Waals surface area contributed by atoms with E-state index in [0.717, 1.165) is 45.3 Å². The van der Waals surface area contributed by atoms with Gasteiger partial charge in [-0.25, -0.2) is 4.79 Å². The number of likely N-dealkylation sites (tertiary alicyclic amines) is 1. The predicted octanol–water partition coefficient (Wildman–Crippen LogP) is 2.55. The maximum atomic E-state index is 12.6. The van der Waals surface area contributed by atoms with Gasteiger partial charge in [0.1, 0.15) is 0 Å². The second-order valence-corrected chi connectivity index (χ2v) is 8.45. The standard InChI is InChI=1S/C20H37N3O4/c1-5-7-12-27-17-13-16(20(17,3)4)21-19(26)23-10-8-15(9-11-23)22(6-2)14-18(24)25/h15-17H,5-14H2,1-4H3,(H,21,26)(H,24,25). The summed E-state index contributed by atoms with van der Waals surface area (Å²) in [6.07, 6.45) is 4.95. The van der Waals surface area contributed by atoms with Crippen molar-refractivity contribution in [1.82, 2.24) is 15.1 Å². The summed E-state index contributed by atoms with van der Waals surface area (Å²) in [4.78, 5) is 27.5. The van der Waals surface area contributed by atoms with Gasteiger partial charge in [0.15, 0.2) is 0 Å². The number of piperidine rings is 1. The van der Waals surface area contributed by atoms with E-state index in [1.54, 1.807) is 0 Å². The number of unbranched alkanes of at least 4 members (excludes halogenated alkanes) is 1. The van der Waals surface area contributed by atoms with Gasteiger partial charge < -0.3 is 20.1 Å². The Balaban J connectivity index is 1.76. The molecule has 1 aliphatic carbocycles. The fourth-order valence-electron chi connectivity index (χ4n) is 4.13. The summed E-state index contributed by atoms with van der Waals surface area (Å²) in [6, 6.07) is 0.389. The normalized spacial score (nSPS) is 25.3. The molecule has 1 heterocycles. The van der Waals surface area contributed by atoms with E-state index in [9.17, 15) is 9.59 Å². The average Bonchev–Trinajstić information content (AvgIpc) is 2.64. The van der Waals surface area contributed by atoms with Crippen molar-refractivity contribution in [3.63, 3.8) is 0 Å². The van der Waals surface area contributed by atoms with Crippen molar-refractivity contribution in [3.8, 4) is 0 Å². The van der Waals surface area contributed by atoms with E-state index in [1.165, 1.54) is 0 Å². The lowest BCUT2D eigenvalue weighted by Gasteiger charge is -2.52. The van der Waals surface area contributed by atoms with E-state index in [-0.39, 0.29) is 36.2 Å². The van der Waals surface area contributed by atoms with Gasteiger partial charge in [-0.2, -0.15) is 0 Å². The number of carboxylic acid groups (broad SMARTS) is 1. The highest BCUT2D eigenvalue weighted by Crippen LogP contribution is 2.43. The number of ether oxygens (including phenoxy) is 1. The summed E-state index contributed by atoms with van der Waals surface area (Å²) >= 11 is 0. The Morgan fingerprint density at radius 1 is 1.26 bits per heavy atom. The number of nitrogens with zero attached hydrogens (tertiary/aromatic N) is 2. The van der Waals surface area contributed by atoms with Crippen LogP contribution in [0.4, 0.5) is 4.79 Å². The van der Waals surface area contributed by atoms with Crippen LogP contribution in [-0.4, -0.2) is 77.9 Å². The number of carbonyl (C=O) groups is 2. The molecule has 2 aliphatic rings. The Hall–Kier alpha value is -1.34. The molecule has 2 unspecified atom stereocenters. The molecule has 156 valence electrons. The van der Waals surface area contributed by atoms with Gasteiger partial charge in [-0.3, -0.25) is 9.69 Å². The van der Waals surface area contributed by atoms with E-state index in [1.807, 2.05) is 16.7 Å². The van der Waals surface area contributed by atoms with E-state index >= 15 is 0 Å². The molecule has 1 saturated carbocycles. The minimum atomic E-state index is -0.792. The van der Waals surface area contributed by atoms with Crippen LogP contribution in [0.2, 0.25) is 0 Å². The van der Waals surface area contributed by atoms with Crippen molar-refractivity contribution >= 4 is 12.0 Å². The summed E-state index contributed by atoms with van der Waals surface area (Å²) in [5, 5.41) is 12.2. The molecular formula is C20H37N3O4. The SMILES string of the molecule is CCCCOC1CC(NC(=O)N2CCC(N(CC)CC(=O)O)CC2)C1(C)C. The van der Waals surface area contributed by atoms with Crippen molar-refractivity contribution in [1.29, 1.82) is 0 Å². The number of rotatable bonds is 9. The molecule has 2 rings (SSSR count). The van der Waals surface area contributed by atoms with Crippen LogP contribution in [0.15, 0.2) is 0 Å². The van der Waals surface area contributed by atoms with Crippen LogP contribution in [-0.2, 0) is 9.53 Å². The minimum absolute atomic E-state index is 0.000170. The first-order valence-electron chi connectivity index (χ1n) is 10.4. The molecule has 0 aromatic rings. The molecule has 7 nitrogen and oxygen atoms in total. The van der Waals surface area contributed by atoms with Crippen molar-refractivity contribution < 1.29 is 19.4 Å². The van der Waals surface area contributed by atoms with Crippen LogP contribution in [0.25, 0.3) is 0 Å². The van der Waals surface area contributed by atoms with E-state index < -0.39 is 5.97 Å². The summed E-state index contributed by atoms with van der Waals surface area (Å²) in [7, 11) is 0. The number of nitrogens with one attached hydrogen (secondary N) is 1. The molecular weight excluding hydrogens is 346 g/mol. The van der Waals surface area contributed by atoms with Gasteiger partial charge in [-0.1, -0.05) is 34.1 Å². The molecule has 2 amide bonds. The van der Waals surface area contributed by atoms with Crippen LogP contribution >= 0.6 is 0 Å². The Labute approximate surface area is 163 Å². The Morgan fingerprint density at radius 2 is 1.93 bits per heavy atom. The molecule has 2 fully saturated rings. The van der Waals surface area contributed by atoms with Gasteiger partial charge in [0.05, 0.1) is 12.6 Å². The first-order valence-corrected chi connectivity index (χ1v) is 10.4. The zero-order valence-electron chi connectivity index (χ0n) is 17.4. The average molecular weight is 384 g/mol. The van der Waals surface area contributed by atoms with E-state index in [0.29, 0.717) is 13.1 Å². The van der Waals surface area contributed by atoms with Gasteiger partial charge in [0.2, 0.25) is 0 Å². The number of hydrogen-bond acceptors (Lipinski definition) is 4. The second kappa shape index (κ2) is 9.73. The lowest BCUT2D eigenvalue weighted by molar-refractivity contribution is -0.139. The number of carboxylic acids is 1. The summed E-state index contributed by atoms with van der Waals surface area (Å²) in [5.74, 6) is -0.792. The highest BCUT2D eigenvalue weighted by Gasteiger charge is 2.50. The maximum absolute atomic E-state index is 12.6. The molecule has 0 aromatic heterocycles. The van der Waals surface area contributed by atoms with Crippen LogP contribution < -0.4 is 5.32 Å². The molecule has 0 radical (unpaired) electrons. The third kappa shape index (κ3) is 5.57. The maximum Gasteiger partial charge on any atom is 0.317 e. The van der Waals surface area contributed by atoms with Gasteiger partial charge in [-0.15, -0.1) is 0 Å². The lowest BCUT2D eigenvalue weighted by atomic mass is 9.64. The quantitative estimate of drug-likeness (QED) is 0.598. The zero-order chi connectivity index (χ0) is 20.0. The Bertz CT molecular complexity index is 503.